The fourth-order valence-electron chi connectivity index (χ4n) is 3.72. The van der Waals surface area contributed by atoms with Gasteiger partial charge in [-0.3, -0.25) is 0 Å². The molecule has 0 N–H and O–H groups in total. The maximum Gasteiger partial charge on any atom is 0.410 e. The summed E-state index contributed by atoms with van der Waals surface area (Å²) in [6, 6.07) is 1.93. The number of likely N-dealkylation sites (tertiary alicyclic amines) is 1. The Morgan fingerprint density at radius 2 is 2.03 bits per heavy atom. The predicted molar refractivity (Wildman–Crippen MR) is 108 cm³/mol. The first kappa shape index (κ1) is 20.4. The van der Waals surface area contributed by atoms with Crippen molar-refractivity contribution in [1.29, 1.82) is 0 Å². The zero-order valence-electron chi connectivity index (χ0n) is 17.7. The van der Waals surface area contributed by atoms with E-state index >= 15 is 0 Å². The van der Waals surface area contributed by atoms with Crippen LogP contribution in [-0.4, -0.2) is 68.3 Å². The molecule has 2 aliphatic rings. The number of amides is 1. The number of hydrogen-bond donors (Lipinski definition) is 0. The summed E-state index contributed by atoms with van der Waals surface area (Å²) in [6.45, 7) is 9.05. The van der Waals surface area contributed by atoms with E-state index < -0.39 is 24.0 Å². The molecule has 2 unspecified atom stereocenters. The lowest BCUT2D eigenvalue weighted by molar-refractivity contribution is -0.0116. The quantitative estimate of drug-likeness (QED) is 0.758. The molecule has 9 nitrogen and oxygen atoms in total. The first-order chi connectivity index (χ1) is 14.2. The topological polar surface area (TPSA) is 85.6 Å². The molecule has 0 saturated carbocycles. The van der Waals surface area contributed by atoms with Gasteiger partial charge in [-0.1, -0.05) is 0 Å². The largest absolute Gasteiger partial charge is 0.471 e. The van der Waals surface area contributed by atoms with Crippen molar-refractivity contribution in [2.24, 2.45) is 0 Å². The molecule has 2 atom stereocenters. The lowest BCUT2D eigenvalue weighted by atomic mass is 10.1. The third kappa shape index (κ3) is 4.03. The van der Waals surface area contributed by atoms with Crippen molar-refractivity contribution >= 4 is 17.7 Å². The van der Waals surface area contributed by atoms with E-state index in [0.717, 1.165) is 30.3 Å². The van der Waals surface area contributed by atoms with Crippen molar-refractivity contribution < 1.29 is 18.7 Å². The van der Waals surface area contributed by atoms with Gasteiger partial charge in [0.1, 0.15) is 29.7 Å². The monoisotopic (exact) mass is 418 g/mol. The van der Waals surface area contributed by atoms with E-state index in [9.17, 15) is 9.18 Å². The van der Waals surface area contributed by atoms with Crippen molar-refractivity contribution in [2.45, 2.75) is 58.5 Å². The fourth-order valence-corrected chi connectivity index (χ4v) is 3.72. The van der Waals surface area contributed by atoms with Gasteiger partial charge in [-0.15, -0.1) is 0 Å². The fraction of sp³-hybridized carbons (Fsp3) is 0.600. The van der Waals surface area contributed by atoms with E-state index in [2.05, 4.69) is 20.0 Å². The van der Waals surface area contributed by atoms with Crippen LogP contribution < -0.4 is 9.64 Å². The molecule has 1 fully saturated rings. The van der Waals surface area contributed by atoms with Crippen molar-refractivity contribution in [3.8, 4) is 5.88 Å². The minimum atomic E-state index is -1.34. The highest BCUT2D eigenvalue weighted by molar-refractivity contribution is 5.68. The molecule has 30 heavy (non-hydrogen) atoms. The highest BCUT2D eigenvalue weighted by atomic mass is 19.1. The molecule has 2 aromatic rings. The summed E-state index contributed by atoms with van der Waals surface area (Å²) in [5.41, 5.74) is 0.129. The summed E-state index contributed by atoms with van der Waals surface area (Å²) in [4.78, 5) is 24.3. The Balaban J connectivity index is 1.44. The molecule has 2 aliphatic heterocycles. The molecule has 0 aromatic carbocycles. The van der Waals surface area contributed by atoms with E-state index in [-0.39, 0.29) is 6.54 Å². The van der Waals surface area contributed by atoms with Gasteiger partial charge in [-0.05, 0) is 27.7 Å². The van der Waals surface area contributed by atoms with Crippen molar-refractivity contribution in [2.75, 3.05) is 24.5 Å². The normalized spacial score (nSPS) is 21.5. The van der Waals surface area contributed by atoms with E-state index in [1.54, 1.807) is 27.0 Å². The van der Waals surface area contributed by atoms with Gasteiger partial charge in [-0.2, -0.15) is 5.10 Å². The highest BCUT2D eigenvalue weighted by Gasteiger charge is 2.36. The lowest BCUT2D eigenvalue weighted by Crippen LogP contribution is -2.50. The van der Waals surface area contributed by atoms with Gasteiger partial charge in [0, 0.05) is 25.6 Å². The number of alkyl halides is 1. The van der Waals surface area contributed by atoms with Gasteiger partial charge in [0.25, 0.3) is 0 Å². The van der Waals surface area contributed by atoms with E-state index in [0.29, 0.717) is 18.8 Å². The standard InChI is InChI=1S/C20H27FN6O3/c1-13-17(26-9-10-27-16(26)5-7-24-27)22-12-23-18(13)29-15-6-8-25(11-14(15)21)19(28)30-20(2,3)4/h5,7,12,14-15H,6,8-11H2,1-4H3. The SMILES string of the molecule is Cc1c(OC2CCN(C(=O)OC(C)(C)C)CC2F)ncnc1N1CCn2nccc21. The van der Waals surface area contributed by atoms with Crippen LogP contribution in [0.1, 0.15) is 32.8 Å². The second-order valence-electron chi connectivity index (χ2n) is 8.58. The molecular weight excluding hydrogens is 391 g/mol. The van der Waals surface area contributed by atoms with Crippen molar-refractivity contribution in [3.05, 3.63) is 24.2 Å². The summed E-state index contributed by atoms with van der Waals surface area (Å²) in [5.74, 6) is 2.04. The molecule has 1 saturated heterocycles. The van der Waals surface area contributed by atoms with Crippen LogP contribution in [0.25, 0.3) is 0 Å². The van der Waals surface area contributed by atoms with Gasteiger partial charge in [0.2, 0.25) is 5.88 Å². The maximum absolute atomic E-state index is 14.8. The minimum Gasteiger partial charge on any atom is -0.471 e. The molecule has 10 heteroatoms. The number of carbonyl (C=O) groups excluding carboxylic acids is 1. The zero-order valence-corrected chi connectivity index (χ0v) is 17.7. The molecule has 0 aliphatic carbocycles. The number of hydrogen-bond acceptors (Lipinski definition) is 7. The Hall–Kier alpha value is -2.91. The highest BCUT2D eigenvalue weighted by Crippen LogP contribution is 2.33. The number of fused-ring (bicyclic) bond motifs is 1. The molecule has 4 heterocycles. The first-order valence-electron chi connectivity index (χ1n) is 10.1. The molecule has 2 aromatic heterocycles. The molecule has 0 spiro atoms. The van der Waals surface area contributed by atoms with Gasteiger partial charge >= 0.3 is 6.09 Å². The number of nitrogens with zero attached hydrogens (tertiary/aromatic N) is 6. The number of halogens is 1. The molecule has 1 amide bonds. The number of carbonyl (C=O) groups is 1. The number of aromatic nitrogens is 4. The molecule has 4 rings (SSSR count). The van der Waals surface area contributed by atoms with Crippen LogP contribution in [-0.2, 0) is 11.3 Å². The van der Waals surface area contributed by atoms with E-state index in [4.69, 9.17) is 9.47 Å². The van der Waals surface area contributed by atoms with Crippen LogP contribution in [0.15, 0.2) is 18.6 Å². The van der Waals surface area contributed by atoms with Crippen LogP contribution in [0.5, 0.6) is 5.88 Å². The van der Waals surface area contributed by atoms with Gasteiger partial charge in [0.05, 0.1) is 24.8 Å². The molecule has 0 bridgehead atoms. The van der Waals surface area contributed by atoms with Crippen LogP contribution in [0.3, 0.4) is 0 Å². The smallest absolute Gasteiger partial charge is 0.410 e. The number of piperidine rings is 1. The second-order valence-corrected chi connectivity index (χ2v) is 8.58. The summed E-state index contributed by atoms with van der Waals surface area (Å²) >= 11 is 0. The average Bonchev–Trinajstić information content (AvgIpc) is 3.27. The Labute approximate surface area is 174 Å². The first-order valence-corrected chi connectivity index (χ1v) is 10.1. The Morgan fingerprint density at radius 1 is 1.23 bits per heavy atom. The molecule has 0 radical (unpaired) electrons. The number of anilines is 2. The average molecular weight is 418 g/mol. The van der Waals surface area contributed by atoms with Crippen molar-refractivity contribution in [3.63, 3.8) is 0 Å². The minimum absolute atomic E-state index is 0.0676. The van der Waals surface area contributed by atoms with E-state index in [1.807, 2.05) is 17.7 Å². The number of ether oxygens (including phenoxy) is 2. The summed E-state index contributed by atoms with van der Waals surface area (Å²) in [5, 5.41) is 4.28. The van der Waals surface area contributed by atoms with Crippen LogP contribution in [0, 0.1) is 6.92 Å². The van der Waals surface area contributed by atoms with Crippen LogP contribution >= 0.6 is 0 Å². The summed E-state index contributed by atoms with van der Waals surface area (Å²) in [6.07, 6.45) is 1.01. The Morgan fingerprint density at radius 3 is 2.77 bits per heavy atom. The summed E-state index contributed by atoms with van der Waals surface area (Å²) < 4.78 is 28.0. The third-order valence-corrected chi connectivity index (χ3v) is 5.17. The Kier molecular flexibility index (Phi) is 5.25. The van der Waals surface area contributed by atoms with Crippen LogP contribution in [0.4, 0.5) is 20.8 Å². The van der Waals surface area contributed by atoms with E-state index in [1.165, 1.54) is 11.2 Å². The molecular formula is C20H27FN6O3. The second kappa shape index (κ2) is 7.73. The molecule has 162 valence electrons. The maximum atomic E-state index is 14.8. The zero-order chi connectivity index (χ0) is 21.5. The van der Waals surface area contributed by atoms with Crippen molar-refractivity contribution in [1.82, 2.24) is 24.6 Å². The van der Waals surface area contributed by atoms with Gasteiger partial charge in [0.15, 0.2) is 6.17 Å². The third-order valence-electron chi connectivity index (χ3n) is 5.17. The van der Waals surface area contributed by atoms with Crippen LogP contribution in [0.2, 0.25) is 0 Å². The number of rotatable bonds is 3. The van der Waals surface area contributed by atoms with Gasteiger partial charge < -0.3 is 19.3 Å². The Bertz CT molecular complexity index is 928. The lowest BCUT2D eigenvalue weighted by Gasteiger charge is -2.35. The van der Waals surface area contributed by atoms with Gasteiger partial charge in [-0.25, -0.2) is 23.8 Å². The predicted octanol–water partition coefficient (Wildman–Crippen LogP) is 2.86. The summed E-state index contributed by atoms with van der Waals surface area (Å²) in [7, 11) is 0.